The minimum atomic E-state index is -2.89. The summed E-state index contributed by atoms with van der Waals surface area (Å²) < 4.78 is 26.7. The Morgan fingerprint density at radius 1 is 1.50 bits per heavy atom. The molecule has 1 rings (SSSR count). The molecule has 0 bridgehead atoms. The molecule has 60 valence electrons. The van der Waals surface area contributed by atoms with Gasteiger partial charge in [-0.1, -0.05) is 6.92 Å². The Labute approximate surface area is 61.3 Å². The molecule has 1 saturated heterocycles. The number of sulfone groups is 1. The maximum absolute atomic E-state index is 11.2. The van der Waals surface area contributed by atoms with E-state index < -0.39 is 14.6 Å². The van der Waals surface area contributed by atoms with Crippen LogP contribution in [0, 0.1) is 0 Å². The van der Waals surface area contributed by atoms with Crippen LogP contribution in [0.5, 0.6) is 0 Å². The maximum atomic E-state index is 11.2. The Hall–Kier alpha value is -0.0900. The van der Waals surface area contributed by atoms with Gasteiger partial charge in [-0.15, -0.1) is 0 Å². The van der Waals surface area contributed by atoms with Crippen molar-refractivity contribution >= 4 is 9.84 Å². The van der Waals surface area contributed by atoms with Gasteiger partial charge in [-0.25, -0.2) is 8.42 Å². The highest BCUT2D eigenvalue weighted by atomic mass is 32.2. The van der Waals surface area contributed by atoms with Crippen LogP contribution in [0.2, 0.25) is 0 Å². The van der Waals surface area contributed by atoms with Crippen LogP contribution in [0.3, 0.4) is 0 Å². The van der Waals surface area contributed by atoms with Crippen LogP contribution in [-0.2, 0) is 14.6 Å². The van der Waals surface area contributed by atoms with Gasteiger partial charge >= 0.3 is 0 Å². The van der Waals surface area contributed by atoms with Crippen LogP contribution in [-0.4, -0.2) is 32.1 Å². The van der Waals surface area contributed by atoms with Gasteiger partial charge in [0.05, 0.1) is 13.2 Å². The lowest BCUT2D eigenvalue weighted by Gasteiger charge is -2.36. The summed E-state index contributed by atoms with van der Waals surface area (Å²) in [5, 5.41) is 0. The van der Waals surface area contributed by atoms with Gasteiger partial charge in [0.15, 0.2) is 9.84 Å². The quantitative estimate of drug-likeness (QED) is 0.586. The third-order valence-electron chi connectivity index (χ3n) is 1.95. The van der Waals surface area contributed by atoms with Gasteiger partial charge in [0.1, 0.15) is 4.75 Å². The largest absolute Gasteiger partial charge is 0.378 e. The van der Waals surface area contributed by atoms with Gasteiger partial charge in [-0.05, 0) is 6.92 Å². The van der Waals surface area contributed by atoms with E-state index in [0.717, 1.165) is 0 Å². The predicted molar refractivity (Wildman–Crippen MR) is 38.7 cm³/mol. The van der Waals surface area contributed by atoms with E-state index in [9.17, 15) is 8.42 Å². The molecule has 0 N–H and O–H groups in total. The molecular formula is C6H12O3S. The second kappa shape index (κ2) is 2.20. The molecule has 0 aliphatic carbocycles. The minimum Gasteiger partial charge on any atom is -0.378 e. The fourth-order valence-corrected chi connectivity index (χ4v) is 2.14. The molecule has 0 saturated carbocycles. The number of hydrogen-bond acceptors (Lipinski definition) is 3. The van der Waals surface area contributed by atoms with E-state index >= 15 is 0 Å². The first-order valence-electron chi connectivity index (χ1n) is 3.32. The molecule has 0 aromatic heterocycles. The molecule has 1 aliphatic rings. The molecule has 0 spiro atoms. The normalized spacial score (nSPS) is 23.8. The van der Waals surface area contributed by atoms with Crippen molar-refractivity contribution in [3.05, 3.63) is 0 Å². The summed E-state index contributed by atoms with van der Waals surface area (Å²) in [7, 11) is -2.89. The highest BCUT2D eigenvalue weighted by Crippen LogP contribution is 2.26. The molecular weight excluding hydrogens is 152 g/mol. The monoisotopic (exact) mass is 164 g/mol. The van der Waals surface area contributed by atoms with Crippen LogP contribution in [0.25, 0.3) is 0 Å². The molecule has 1 aliphatic heterocycles. The zero-order valence-electron chi connectivity index (χ0n) is 6.25. The van der Waals surface area contributed by atoms with Gasteiger partial charge in [-0.3, -0.25) is 0 Å². The summed E-state index contributed by atoms with van der Waals surface area (Å²) in [6.07, 6.45) is 0. The summed E-state index contributed by atoms with van der Waals surface area (Å²) >= 11 is 0. The summed E-state index contributed by atoms with van der Waals surface area (Å²) in [6, 6.07) is 0. The molecule has 1 heterocycles. The van der Waals surface area contributed by atoms with Crippen LogP contribution in [0.1, 0.15) is 13.8 Å². The second-order valence-electron chi connectivity index (χ2n) is 2.85. The highest BCUT2D eigenvalue weighted by Gasteiger charge is 2.44. The predicted octanol–water partition coefficient (Wildman–Crippen LogP) is 0.210. The lowest BCUT2D eigenvalue weighted by molar-refractivity contribution is -0.00482. The lowest BCUT2D eigenvalue weighted by atomic mass is 10.1. The number of rotatable bonds is 2. The summed E-state index contributed by atoms with van der Waals surface area (Å²) in [5.74, 6) is 0.215. The third-order valence-corrected chi connectivity index (χ3v) is 4.44. The van der Waals surface area contributed by atoms with E-state index in [-0.39, 0.29) is 5.75 Å². The fourth-order valence-electron chi connectivity index (χ4n) is 0.918. The zero-order valence-corrected chi connectivity index (χ0v) is 7.07. The summed E-state index contributed by atoms with van der Waals surface area (Å²) in [6.45, 7) is 4.13. The van der Waals surface area contributed by atoms with Crippen molar-refractivity contribution in [1.82, 2.24) is 0 Å². The van der Waals surface area contributed by atoms with E-state index in [1.807, 2.05) is 0 Å². The number of hydrogen-bond donors (Lipinski definition) is 0. The van der Waals surface area contributed by atoms with Crippen molar-refractivity contribution in [2.45, 2.75) is 18.6 Å². The van der Waals surface area contributed by atoms with Crippen molar-refractivity contribution < 1.29 is 13.2 Å². The molecule has 0 unspecified atom stereocenters. The smallest absolute Gasteiger partial charge is 0.160 e. The average molecular weight is 164 g/mol. The van der Waals surface area contributed by atoms with Gasteiger partial charge in [0.25, 0.3) is 0 Å². The first kappa shape index (κ1) is 8.01. The van der Waals surface area contributed by atoms with Crippen molar-refractivity contribution in [3.8, 4) is 0 Å². The van der Waals surface area contributed by atoms with Crippen LogP contribution >= 0.6 is 0 Å². The van der Waals surface area contributed by atoms with E-state index in [0.29, 0.717) is 13.2 Å². The standard InChI is InChI=1S/C6H12O3S/c1-3-10(7,8)6(2)4-9-5-6/h3-5H2,1-2H3. The van der Waals surface area contributed by atoms with Crippen LogP contribution < -0.4 is 0 Å². The molecule has 10 heavy (non-hydrogen) atoms. The first-order chi connectivity index (χ1) is 4.52. The lowest BCUT2D eigenvalue weighted by Crippen LogP contribution is -2.53. The van der Waals surface area contributed by atoms with Crippen molar-refractivity contribution in [2.75, 3.05) is 19.0 Å². The van der Waals surface area contributed by atoms with Gasteiger partial charge in [-0.2, -0.15) is 0 Å². The van der Waals surface area contributed by atoms with Crippen molar-refractivity contribution in [3.63, 3.8) is 0 Å². The Kier molecular flexibility index (Phi) is 1.76. The summed E-state index contributed by atoms with van der Waals surface area (Å²) in [5.41, 5.74) is 0. The van der Waals surface area contributed by atoms with E-state index in [1.54, 1.807) is 13.8 Å². The third kappa shape index (κ3) is 0.953. The Morgan fingerprint density at radius 3 is 2.10 bits per heavy atom. The Balaban J connectivity index is 2.82. The van der Waals surface area contributed by atoms with Gasteiger partial charge in [0.2, 0.25) is 0 Å². The topological polar surface area (TPSA) is 43.4 Å². The maximum Gasteiger partial charge on any atom is 0.160 e. The minimum absolute atomic E-state index is 0.215. The van der Waals surface area contributed by atoms with E-state index in [4.69, 9.17) is 4.74 Å². The molecule has 4 heteroatoms. The molecule has 0 aromatic rings. The average Bonchev–Trinajstić information content (AvgIpc) is 1.82. The molecule has 3 nitrogen and oxygen atoms in total. The van der Waals surface area contributed by atoms with Crippen LogP contribution in [0.15, 0.2) is 0 Å². The Morgan fingerprint density at radius 2 is 2.00 bits per heavy atom. The van der Waals surface area contributed by atoms with E-state index in [2.05, 4.69) is 0 Å². The second-order valence-corrected chi connectivity index (χ2v) is 5.64. The Bertz CT molecular complexity index is 213. The van der Waals surface area contributed by atoms with Crippen molar-refractivity contribution in [1.29, 1.82) is 0 Å². The zero-order chi connectivity index (χ0) is 7.83. The molecule has 1 fully saturated rings. The van der Waals surface area contributed by atoms with Crippen molar-refractivity contribution in [2.24, 2.45) is 0 Å². The molecule has 0 amide bonds. The van der Waals surface area contributed by atoms with Gasteiger partial charge < -0.3 is 4.74 Å². The van der Waals surface area contributed by atoms with E-state index in [1.165, 1.54) is 0 Å². The molecule has 0 aromatic carbocycles. The van der Waals surface area contributed by atoms with Gasteiger partial charge in [0, 0.05) is 5.75 Å². The molecule has 0 radical (unpaired) electrons. The highest BCUT2D eigenvalue weighted by molar-refractivity contribution is 7.92. The summed E-state index contributed by atoms with van der Waals surface area (Å²) in [4.78, 5) is 0. The number of ether oxygens (including phenoxy) is 1. The fraction of sp³-hybridized carbons (Fsp3) is 1.00. The van der Waals surface area contributed by atoms with Crippen LogP contribution in [0.4, 0.5) is 0 Å². The molecule has 0 atom stereocenters. The first-order valence-corrected chi connectivity index (χ1v) is 4.97. The SMILES string of the molecule is CCS(=O)(=O)C1(C)COC1.